The first kappa shape index (κ1) is 24.4. The Labute approximate surface area is 206 Å². The van der Waals surface area contributed by atoms with Crippen LogP contribution in [-0.2, 0) is 16.1 Å². The van der Waals surface area contributed by atoms with Crippen LogP contribution in [0.25, 0.3) is 0 Å². The third-order valence-corrected chi connectivity index (χ3v) is 6.34. The molecule has 3 aromatic carbocycles. The minimum Gasteiger partial charge on any atom is -0.494 e. The molecule has 0 bridgehead atoms. The van der Waals surface area contributed by atoms with Gasteiger partial charge in [0, 0.05) is 18.2 Å². The highest BCUT2D eigenvalue weighted by molar-refractivity contribution is 8.15. The molecule has 1 unspecified atom stereocenters. The first-order valence-corrected chi connectivity index (χ1v) is 11.9. The second-order valence-electron chi connectivity index (χ2n) is 7.74. The Balaban J connectivity index is 1.57. The molecule has 1 heterocycles. The van der Waals surface area contributed by atoms with E-state index < -0.39 is 11.1 Å². The van der Waals surface area contributed by atoms with Crippen molar-refractivity contribution in [1.82, 2.24) is 4.90 Å². The van der Waals surface area contributed by atoms with Gasteiger partial charge in [0.05, 0.1) is 18.8 Å². The summed E-state index contributed by atoms with van der Waals surface area (Å²) >= 11 is 1.15. The van der Waals surface area contributed by atoms with Gasteiger partial charge < -0.3 is 10.1 Å². The second-order valence-corrected chi connectivity index (χ2v) is 8.91. The van der Waals surface area contributed by atoms with Gasteiger partial charge in [0.1, 0.15) is 22.6 Å². The third-order valence-electron chi connectivity index (χ3n) is 5.15. The van der Waals surface area contributed by atoms with Crippen LogP contribution >= 0.6 is 11.8 Å². The maximum absolute atomic E-state index is 13.4. The van der Waals surface area contributed by atoms with Gasteiger partial charge in [-0.25, -0.2) is 13.8 Å². The molecule has 1 atom stereocenters. The number of nitrogens with zero attached hydrogens (tertiary/aromatic N) is 2. The smallest absolute Gasteiger partial charge is 0.238 e. The van der Waals surface area contributed by atoms with Crippen molar-refractivity contribution in [1.29, 1.82) is 0 Å². The summed E-state index contributed by atoms with van der Waals surface area (Å²) in [7, 11) is 0. The summed E-state index contributed by atoms with van der Waals surface area (Å²) in [5.41, 5.74) is 1.71. The van der Waals surface area contributed by atoms with Crippen LogP contribution in [0.1, 0.15) is 18.9 Å². The minimum atomic E-state index is -0.720. The van der Waals surface area contributed by atoms with Gasteiger partial charge in [0.15, 0.2) is 5.17 Å². The highest BCUT2D eigenvalue weighted by Gasteiger charge is 2.36. The molecule has 4 rings (SSSR count). The Morgan fingerprint density at radius 1 is 1.09 bits per heavy atom. The standard InChI is InChI=1S/C26H23F2N3O3S/c1-2-34-22-5-3-4-21(14-22)29-25(33)23-15-24(32)31(16-17-6-8-18(27)9-7-17)26(35-23)30-20-12-10-19(28)11-13-20/h3-14,23H,2,15-16H2,1H3,(H,29,33). The summed E-state index contributed by atoms with van der Waals surface area (Å²) in [4.78, 5) is 32.1. The summed E-state index contributed by atoms with van der Waals surface area (Å²) < 4.78 is 32.2. The van der Waals surface area contributed by atoms with Crippen LogP contribution < -0.4 is 10.1 Å². The number of benzene rings is 3. The van der Waals surface area contributed by atoms with Crippen LogP contribution in [0.2, 0.25) is 0 Å². The van der Waals surface area contributed by atoms with Crippen LogP contribution in [0, 0.1) is 11.6 Å². The average molecular weight is 496 g/mol. The molecule has 0 aliphatic carbocycles. The Morgan fingerprint density at radius 2 is 1.77 bits per heavy atom. The van der Waals surface area contributed by atoms with Crippen molar-refractivity contribution in [2.75, 3.05) is 11.9 Å². The predicted molar refractivity (Wildman–Crippen MR) is 133 cm³/mol. The Kier molecular flexibility index (Phi) is 7.77. The van der Waals surface area contributed by atoms with E-state index in [0.717, 1.165) is 11.8 Å². The van der Waals surface area contributed by atoms with E-state index in [2.05, 4.69) is 10.3 Å². The maximum Gasteiger partial charge on any atom is 0.238 e. The highest BCUT2D eigenvalue weighted by Crippen LogP contribution is 2.31. The zero-order valence-corrected chi connectivity index (χ0v) is 19.7. The predicted octanol–water partition coefficient (Wildman–Crippen LogP) is 5.52. The number of amidine groups is 1. The van der Waals surface area contributed by atoms with Gasteiger partial charge in [-0.05, 0) is 61.0 Å². The minimum absolute atomic E-state index is 0.0364. The van der Waals surface area contributed by atoms with Gasteiger partial charge in [0.2, 0.25) is 11.8 Å². The first-order chi connectivity index (χ1) is 16.9. The van der Waals surface area contributed by atoms with Crippen LogP contribution in [0.5, 0.6) is 5.75 Å². The van der Waals surface area contributed by atoms with Gasteiger partial charge in [-0.3, -0.25) is 14.5 Å². The lowest BCUT2D eigenvalue weighted by Crippen LogP contribution is -2.44. The van der Waals surface area contributed by atoms with Gasteiger partial charge in [-0.2, -0.15) is 0 Å². The van der Waals surface area contributed by atoms with Crippen LogP contribution in [0.3, 0.4) is 0 Å². The molecule has 0 radical (unpaired) electrons. The molecule has 1 aliphatic rings. The maximum atomic E-state index is 13.4. The number of nitrogens with one attached hydrogen (secondary N) is 1. The molecule has 1 N–H and O–H groups in total. The lowest BCUT2D eigenvalue weighted by Gasteiger charge is -2.32. The Morgan fingerprint density at radius 3 is 2.46 bits per heavy atom. The van der Waals surface area contributed by atoms with Crippen LogP contribution in [-0.4, -0.2) is 33.7 Å². The average Bonchev–Trinajstić information content (AvgIpc) is 2.84. The number of halogens is 2. The summed E-state index contributed by atoms with van der Waals surface area (Å²) in [6.45, 7) is 2.53. The molecule has 6 nitrogen and oxygen atoms in total. The van der Waals surface area contributed by atoms with E-state index in [1.54, 1.807) is 36.4 Å². The first-order valence-electron chi connectivity index (χ1n) is 11.0. The molecule has 180 valence electrons. The summed E-state index contributed by atoms with van der Waals surface area (Å²) in [5, 5.41) is 2.42. The van der Waals surface area contributed by atoms with E-state index in [9.17, 15) is 18.4 Å². The number of carbonyl (C=O) groups is 2. The second kappa shape index (κ2) is 11.1. The van der Waals surface area contributed by atoms with E-state index in [1.165, 1.54) is 41.3 Å². The number of amides is 2. The monoisotopic (exact) mass is 495 g/mol. The highest BCUT2D eigenvalue weighted by atomic mass is 32.2. The Hall–Kier alpha value is -3.72. The molecule has 35 heavy (non-hydrogen) atoms. The lowest BCUT2D eigenvalue weighted by molar-refractivity contribution is -0.129. The molecule has 9 heteroatoms. The zero-order valence-electron chi connectivity index (χ0n) is 18.9. The number of hydrogen-bond acceptors (Lipinski definition) is 5. The number of aliphatic imine (C=N–C) groups is 1. The molecule has 3 aromatic rings. The van der Waals surface area contributed by atoms with Crippen molar-refractivity contribution in [3.05, 3.63) is 90.0 Å². The number of carbonyl (C=O) groups excluding carboxylic acids is 2. The van der Waals surface area contributed by atoms with Crippen molar-refractivity contribution in [3.8, 4) is 5.75 Å². The number of thioether (sulfide) groups is 1. The van der Waals surface area contributed by atoms with Crippen molar-refractivity contribution in [2.24, 2.45) is 4.99 Å². The van der Waals surface area contributed by atoms with Crippen LogP contribution in [0.15, 0.2) is 77.8 Å². The largest absolute Gasteiger partial charge is 0.494 e. The number of hydrogen-bond donors (Lipinski definition) is 1. The fourth-order valence-electron chi connectivity index (χ4n) is 3.45. The molecule has 0 aromatic heterocycles. The molecule has 1 saturated heterocycles. The van der Waals surface area contributed by atoms with E-state index >= 15 is 0 Å². The van der Waals surface area contributed by atoms with Crippen molar-refractivity contribution >= 4 is 40.1 Å². The van der Waals surface area contributed by atoms with Crippen molar-refractivity contribution in [3.63, 3.8) is 0 Å². The Bertz CT molecular complexity index is 1230. The van der Waals surface area contributed by atoms with Gasteiger partial charge >= 0.3 is 0 Å². The molecule has 1 aliphatic heterocycles. The summed E-state index contributed by atoms with van der Waals surface area (Å²) in [6.07, 6.45) is -0.0364. The van der Waals surface area contributed by atoms with Gasteiger partial charge in [0.25, 0.3) is 0 Å². The normalized spacial score (nSPS) is 16.9. The molecule has 1 fully saturated rings. The number of rotatable bonds is 7. The van der Waals surface area contributed by atoms with E-state index in [0.29, 0.717) is 34.5 Å². The van der Waals surface area contributed by atoms with E-state index in [4.69, 9.17) is 4.74 Å². The van der Waals surface area contributed by atoms with E-state index in [1.807, 2.05) is 6.92 Å². The fraction of sp³-hybridized carbons (Fsp3) is 0.192. The van der Waals surface area contributed by atoms with E-state index in [-0.39, 0.29) is 30.6 Å². The van der Waals surface area contributed by atoms with Crippen molar-refractivity contribution in [2.45, 2.75) is 25.1 Å². The molecular weight excluding hydrogens is 472 g/mol. The molecule has 0 spiro atoms. The van der Waals surface area contributed by atoms with Gasteiger partial charge in [-0.15, -0.1) is 0 Å². The molecule has 2 amide bonds. The SMILES string of the molecule is CCOc1cccc(NC(=O)C2CC(=O)N(Cc3ccc(F)cc3)C(=Nc3ccc(F)cc3)S2)c1. The van der Waals surface area contributed by atoms with Crippen molar-refractivity contribution < 1.29 is 23.1 Å². The summed E-state index contributed by atoms with van der Waals surface area (Å²) in [5.74, 6) is -0.793. The topological polar surface area (TPSA) is 71.0 Å². The molecular formula is C26H23F2N3O3S. The number of anilines is 1. The quantitative estimate of drug-likeness (QED) is 0.468. The summed E-state index contributed by atoms with van der Waals surface area (Å²) in [6, 6.07) is 18.4. The fourth-order valence-corrected chi connectivity index (χ4v) is 4.55. The number of ether oxygens (including phenoxy) is 1. The lowest BCUT2D eigenvalue weighted by atomic mass is 10.2. The van der Waals surface area contributed by atoms with Gasteiger partial charge in [-0.1, -0.05) is 30.0 Å². The van der Waals surface area contributed by atoms with Crippen LogP contribution in [0.4, 0.5) is 20.2 Å². The molecule has 0 saturated carbocycles. The third kappa shape index (κ3) is 6.45. The zero-order chi connectivity index (χ0) is 24.8.